The van der Waals surface area contributed by atoms with Gasteiger partial charge in [0, 0.05) is 10.3 Å². The van der Waals surface area contributed by atoms with Gasteiger partial charge in [0.15, 0.2) is 11.5 Å². The van der Waals surface area contributed by atoms with Crippen molar-refractivity contribution in [1.29, 1.82) is 0 Å². The van der Waals surface area contributed by atoms with Crippen LogP contribution >= 0.6 is 22.7 Å². The van der Waals surface area contributed by atoms with Crippen molar-refractivity contribution in [3.05, 3.63) is 21.9 Å². The van der Waals surface area contributed by atoms with Crippen molar-refractivity contribution in [3.63, 3.8) is 0 Å². The van der Waals surface area contributed by atoms with Crippen LogP contribution in [0.1, 0.15) is 131 Å². The van der Waals surface area contributed by atoms with Crippen LogP contribution < -0.4 is 9.47 Å². The van der Waals surface area contributed by atoms with E-state index >= 15 is 0 Å². The molecule has 0 aliphatic carbocycles. The summed E-state index contributed by atoms with van der Waals surface area (Å²) in [6.45, 7) is 24.8. The van der Waals surface area contributed by atoms with Gasteiger partial charge in [-0.3, -0.25) is 0 Å². The van der Waals surface area contributed by atoms with Crippen LogP contribution in [0.25, 0.3) is 9.75 Å². The maximum absolute atomic E-state index is 6.85. The molecule has 3 rings (SSSR count). The van der Waals surface area contributed by atoms with Crippen molar-refractivity contribution in [2.24, 2.45) is 5.41 Å². The quantitative estimate of drug-likeness (QED) is 0.202. The summed E-state index contributed by atoms with van der Waals surface area (Å²) in [6.07, 6.45) is 9.51. The fourth-order valence-corrected chi connectivity index (χ4v) is 7.63. The van der Waals surface area contributed by atoms with E-state index in [1.165, 1.54) is 45.9 Å². The van der Waals surface area contributed by atoms with Gasteiger partial charge in [0.25, 0.3) is 0 Å². The molecule has 2 unspecified atom stereocenters. The minimum absolute atomic E-state index is 0.0542. The summed E-state index contributed by atoms with van der Waals surface area (Å²) >= 11 is 3.64. The molecule has 4 nitrogen and oxygen atoms in total. The van der Waals surface area contributed by atoms with E-state index in [9.17, 15) is 0 Å². The summed E-state index contributed by atoms with van der Waals surface area (Å²) in [5.41, 5.74) is 1.05. The Morgan fingerprint density at radius 3 is 1.78 bits per heavy atom. The largest absolute Gasteiger partial charge is 0.488 e. The molecule has 0 bridgehead atoms. The zero-order valence-corrected chi connectivity index (χ0v) is 29.4. The number of hydrogen-bond acceptors (Lipinski definition) is 6. The highest BCUT2D eigenvalue weighted by Gasteiger charge is 2.41. The van der Waals surface area contributed by atoms with Gasteiger partial charge in [0.2, 0.25) is 0 Å². The van der Waals surface area contributed by atoms with Gasteiger partial charge in [-0.2, -0.15) is 0 Å². The molecule has 0 radical (unpaired) electrons. The third-order valence-corrected chi connectivity index (χ3v) is 10.8. The Morgan fingerprint density at radius 2 is 1.34 bits per heavy atom. The Hall–Kier alpha value is -1.08. The Bertz CT molecular complexity index is 1040. The average Bonchev–Trinajstić information content (AvgIpc) is 3.52. The summed E-state index contributed by atoms with van der Waals surface area (Å²) in [5.74, 6) is 1.82. The van der Waals surface area contributed by atoms with Gasteiger partial charge in [-0.1, -0.05) is 94.9 Å². The molecular weight excluding hydrogens is 549 g/mol. The Labute approximate surface area is 259 Å². The SMILES string of the molecule is CCCCC(CC)OCC1(COC(CC)CCCC)COc2c(-c3cc(C(C)(C)C)cs3)sc(C(C)(C)C)c2OC1. The van der Waals surface area contributed by atoms with Crippen LogP contribution in [0, 0.1) is 5.41 Å². The second-order valence-corrected chi connectivity index (χ2v) is 16.1. The highest BCUT2D eigenvalue weighted by molar-refractivity contribution is 7.22. The lowest BCUT2D eigenvalue weighted by Gasteiger charge is -2.34. The molecule has 234 valence electrons. The molecule has 0 saturated carbocycles. The van der Waals surface area contributed by atoms with Gasteiger partial charge in [-0.25, -0.2) is 0 Å². The van der Waals surface area contributed by atoms with E-state index < -0.39 is 0 Å². The van der Waals surface area contributed by atoms with Crippen LogP contribution in [0.3, 0.4) is 0 Å². The smallest absolute Gasteiger partial charge is 0.180 e. The predicted molar refractivity (Wildman–Crippen MR) is 178 cm³/mol. The van der Waals surface area contributed by atoms with Crippen molar-refractivity contribution in [1.82, 2.24) is 0 Å². The van der Waals surface area contributed by atoms with E-state index in [0.717, 1.165) is 37.2 Å². The summed E-state index contributed by atoms with van der Waals surface area (Å²) < 4.78 is 26.9. The molecule has 0 spiro atoms. The number of unbranched alkanes of at least 4 members (excludes halogenated alkanes) is 2. The molecule has 1 aliphatic rings. The van der Waals surface area contributed by atoms with E-state index in [-0.39, 0.29) is 28.5 Å². The normalized spacial score (nSPS) is 19.3. The fourth-order valence-electron chi connectivity index (χ4n) is 5.13. The molecule has 3 heterocycles. The zero-order chi connectivity index (χ0) is 30.3. The first-order valence-corrected chi connectivity index (χ1v) is 17.8. The first kappa shape index (κ1) is 34.4. The maximum Gasteiger partial charge on any atom is 0.180 e. The van der Waals surface area contributed by atoms with Gasteiger partial charge in [-0.15, -0.1) is 22.7 Å². The van der Waals surface area contributed by atoms with Crippen LogP contribution in [0.15, 0.2) is 11.4 Å². The average molecular weight is 607 g/mol. The lowest BCUT2D eigenvalue weighted by molar-refractivity contribution is -0.0992. The van der Waals surface area contributed by atoms with Crippen LogP contribution in [-0.4, -0.2) is 38.6 Å². The van der Waals surface area contributed by atoms with Crippen molar-refractivity contribution in [2.45, 2.75) is 144 Å². The second kappa shape index (κ2) is 15.1. The summed E-state index contributed by atoms with van der Waals surface area (Å²) in [5, 5.41) is 2.30. The molecule has 0 fully saturated rings. The summed E-state index contributed by atoms with van der Waals surface area (Å²) in [7, 11) is 0. The van der Waals surface area contributed by atoms with Crippen molar-refractivity contribution >= 4 is 22.7 Å². The van der Waals surface area contributed by atoms with E-state index in [4.69, 9.17) is 18.9 Å². The molecule has 2 atom stereocenters. The highest BCUT2D eigenvalue weighted by Crippen LogP contribution is 2.55. The third kappa shape index (κ3) is 9.20. The molecule has 0 saturated heterocycles. The minimum Gasteiger partial charge on any atom is -0.488 e. The molecule has 41 heavy (non-hydrogen) atoms. The molecule has 1 aliphatic heterocycles. The first-order chi connectivity index (χ1) is 19.4. The number of fused-ring (bicyclic) bond motifs is 1. The van der Waals surface area contributed by atoms with Crippen molar-refractivity contribution in [2.75, 3.05) is 26.4 Å². The molecular formula is C35H58O4S2. The van der Waals surface area contributed by atoms with Crippen LogP contribution in [-0.2, 0) is 20.3 Å². The zero-order valence-electron chi connectivity index (χ0n) is 27.7. The first-order valence-electron chi connectivity index (χ1n) is 16.1. The molecule has 0 N–H and O–H groups in total. The predicted octanol–water partition coefficient (Wildman–Crippen LogP) is 10.8. The summed E-state index contributed by atoms with van der Waals surface area (Å²) in [6, 6.07) is 2.34. The molecule has 0 amide bonds. The lowest BCUT2D eigenvalue weighted by atomic mass is 9.89. The maximum atomic E-state index is 6.85. The second-order valence-electron chi connectivity index (χ2n) is 14.2. The number of ether oxygens (including phenoxy) is 4. The molecule has 6 heteroatoms. The standard InChI is InChI=1S/C35H58O4S2/c1-11-15-17-26(13-3)36-21-35(22-37-27(14-4)18-16-12-2)23-38-29-30(39-24-35)32(34(8,9)10)41-31(29)28-19-25(20-40-28)33(5,6)7/h19-20,26-27H,11-18,21-24H2,1-10H3. The monoisotopic (exact) mass is 606 g/mol. The van der Waals surface area contributed by atoms with Crippen molar-refractivity contribution < 1.29 is 18.9 Å². The number of thiophene rings is 2. The van der Waals surface area contributed by atoms with Gasteiger partial charge >= 0.3 is 0 Å². The van der Waals surface area contributed by atoms with E-state index in [2.05, 4.69) is 80.7 Å². The molecule has 0 aromatic carbocycles. The van der Waals surface area contributed by atoms with Crippen LogP contribution in [0.5, 0.6) is 11.5 Å². The van der Waals surface area contributed by atoms with Gasteiger partial charge < -0.3 is 18.9 Å². The van der Waals surface area contributed by atoms with Gasteiger partial charge in [0.05, 0.1) is 40.6 Å². The van der Waals surface area contributed by atoms with Gasteiger partial charge in [-0.05, 0) is 48.1 Å². The van der Waals surface area contributed by atoms with E-state index in [1.807, 2.05) is 22.7 Å². The Balaban J connectivity index is 1.94. The van der Waals surface area contributed by atoms with Crippen molar-refractivity contribution in [3.8, 4) is 21.3 Å². The highest BCUT2D eigenvalue weighted by atomic mass is 32.1. The minimum atomic E-state index is -0.367. The third-order valence-electron chi connectivity index (χ3n) is 8.16. The van der Waals surface area contributed by atoms with Crippen LogP contribution in [0.4, 0.5) is 0 Å². The number of rotatable bonds is 15. The van der Waals surface area contributed by atoms with E-state index in [0.29, 0.717) is 26.4 Å². The summed E-state index contributed by atoms with van der Waals surface area (Å²) in [4.78, 5) is 3.69. The topological polar surface area (TPSA) is 36.9 Å². The van der Waals surface area contributed by atoms with Gasteiger partial charge in [0.1, 0.15) is 13.2 Å². The Kier molecular flexibility index (Phi) is 12.7. The number of hydrogen-bond donors (Lipinski definition) is 0. The molecule has 2 aromatic rings. The Morgan fingerprint density at radius 1 is 0.805 bits per heavy atom. The lowest BCUT2D eigenvalue weighted by Crippen LogP contribution is -2.44. The van der Waals surface area contributed by atoms with Crippen LogP contribution in [0.2, 0.25) is 0 Å². The fraction of sp³-hybridized carbons (Fsp3) is 0.771. The molecule has 2 aromatic heterocycles. The van der Waals surface area contributed by atoms with E-state index in [1.54, 1.807) is 0 Å².